The molecule has 104 valence electrons. The topological polar surface area (TPSA) is 75.6 Å². The van der Waals surface area contributed by atoms with Gasteiger partial charge in [0.15, 0.2) is 0 Å². The van der Waals surface area contributed by atoms with Crippen molar-refractivity contribution in [2.45, 2.75) is 33.2 Å². The van der Waals surface area contributed by atoms with E-state index in [0.29, 0.717) is 5.56 Å². The molecule has 0 spiro atoms. The molecule has 2 N–H and O–H groups in total. The fourth-order valence-corrected chi connectivity index (χ4v) is 2.02. The van der Waals surface area contributed by atoms with Crippen LogP contribution in [-0.4, -0.2) is 30.1 Å². The molecule has 1 aromatic carbocycles. The number of hydrogen-bond acceptors (Lipinski definition) is 3. The number of carboxylic acids is 1. The number of aryl methyl sites for hydroxylation is 2. The van der Waals surface area contributed by atoms with Crippen LogP contribution in [0.1, 0.15) is 34.8 Å². The average Bonchev–Trinajstić information content (AvgIpc) is 2.26. The Kier molecular flexibility index (Phi) is 4.92. The van der Waals surface area contributed by atoms with E-state index in [-0.39, 0.29) is 12.3 Å². The lowest BCUT2D eigenvalue weighted by molar-refractivity contribution is -0.137. The quantitative estimate of drug-likeness (QED) is 0.852. The zero-order valence-corrected chi connectivity index (χ0v) is 11.6. The van der Waals surface area contributed by atoms with E-state index >= 15 is 0 Å². The molecule has 19 heavy (non-hydrogen) atoms. The van der Waals surface area contributed by atoms with Crippen molar-refractivity contribution in [2.24, 2.45) is 0 Å². The van der Waals surface area contributed by atoms with Gasteiger partial charge in [-0.05, 0) is 44.0 Å². The monoisotopic (exact) mass is 265 g/mol. The van der Waals surface area contributed by atoms with Crippen LogP contribution in [0, 0.1) is 13.8 Å². The summed E-state index contributed by atoms with van der Waals surface area (Å²) in [5, 5.41) is 11.3. The molecule has 1 amide bonds. The number of ether oxygens (including phenoxy) is 1. The van der Waals surface area contributed by atoms with Crippen LogP contribution >= 0.6 is 0 Å². The predicted molar refractivity (Wildman–Crippen MR) is 71.6 cm³/mol. The van der Waals surface area contributed by atoms with Gasteiger partial charge in [0.25, 0.3) is 5.91 Å². The number of aliphatic carboxylic acids is 1. The van der Waals surface area contributed by atoms with E-state index in [1.165, 1.54) is 0 Å². The van der Waals surface area contributed by atoms with Crippen LogP contribution < -0.4 is 10.1 Å². The van der Waals surface area contributed by atoms with E-state index in [2.05, 4.69) is 5.32 Å². The van der Waals surface area contributed by atoms with E-state index < -0.39 is 12.0 Å². The lowest BCUT2D eigenvalue weighted by atomic mass is 10.0. The van der Waals surface area contributed by atoms with E-state index in [1.807, 2.05) is 13.8 Å². The molecule has 5 nitrogen and oxygen atoms in total. The second-order valence-electron chi connectivity index (χ2n) is 4.62. The molecule has 0 aliphatic carbocycles. The summed E-state index contributed by atoms with van der Waals surface area (Å²) in [5.41, 5.74) is 2.25. The first-order valence-corrected chi connectivity index (χ1v) is 6.03. The summed E-state index contributed by atoms with van der Waals surface area (Å²) in [4.78, 5) is 22.5. The van der Waals surface area contributed by atoms with Gasteiger partial charge in [0.05, 0.1) is 13.5 Å². The lowest BCUT2D eigenvalue weighted by Crippen LogP contribution is -2.34. The van der Waals surface area contributed by atoms with Crippen LogP contribution in [0.4, 0.5) is 0 Å². The smallest absolute Gasteiger partial charge is 0.305 e. The van der Waals surface area contributed by atoms with Crippen molar-refractivity contribution >= 4 is 11.9 Å². The summed E-state index contributed by atoms with van der Waals surface area (Å²) in [6, 6.07) is 3.05. The Bertz CT molecular complexity index is 473. The minimum atomic E-state index is -0.935. The third-order valence-corrected chi connectivity index (χ3v) is 2.78. The standard InChI is InChI=1S/C14H19NO4/c1-8-5-11(6-9(2)13(8)19-4)14(18)15-10(3)7-12(16)17/h5-6,10H,7H2,1-4H3,(H,15,18)(H,16,17). The van der Waals surface area contributed by atoms with Crippen molar-refractivity contribution < 1.29 is 19.4 Å². The Hall–Kier alpha value is -2.04. The maximum absolute atomic E-state index is 12.0. The molecule has 0 radical (unpaired) electrons. The highest BCUT2D eigenvalue weighted by molar-refractivity contribution is 5.95. The molecular formula is C14H19NO4. The Morgan fingerprint density at radius 1 is 1.32 bits per heavy atom. The van der Waals surface area contributed by atoms with Crippen LogP contribution in [0.5, 0.6) is 5.75 Å². The number of benzene rings is 1. The Morgan fingerprint density at radius 2 is 1.84 bits per heavy atom. The predicted octanol–water partition coefficient (Wildman–Crippen LogP) is 1.91. The molecule has 1 aromatic rings. The average molecular weight is 265 g/mol. The summed E-state index contributed by atoms with van der Waals surface area (Å²) in [5.74, 6) is -0.451. The molecule has 0 saturated heterocycles. The van der Waals surface area contributed by atoms with Crippen LogP contribution in [0.15, 0.2) is 12.1 Å². The Labute approximate surface area is 112 Å². The molecule has 1 rings (SSSR count). The minimum Gasteiger partial charge on any atom is -0.496 e. The molecule has 0 saturated carbocycles. The molecule has 1 unspecified atom stereocenters. The van der Waals surface area contributed by atoms with Crippen LogP contribution in [0.3, 0.4) is 0 Å². The van der Waals surface area contributed by atoms with Crippen LogP contribution in [0.2, 0.25) is 0 Å². The van der Waals surface area contributed by atoms with E-state index in [0.717, 1.165) is 16.9 Å². The van der Waals surface area contributed by atoms with Crippen molar-refractivity contribution in [2.75, 3.05) is 7.11 Å². The van der Waals surface area contributed by atoms with Gasteiger partial charge >= 0.3 is 5.97 Å². The normalized spacial score (nSPS) is 11.8. The zero-order valence-electron chi connectivity index (χ0n) is 11.6. The minimum absolute atomic E-state index is 0.0974. The highest BCUT2D eigenvalue weighted by Crippen LogP contribution is 2.24. The molecule has 0 bridgehead atoms. The second-order valence-corrected chi connectivity index (χ2v) is 4.62. The van der Waals surface area contributed by atoms with Crippen molar-refractivity contribution in [3.63, 3.8) is 0 Å². The SMILES string of the molecule is COc1c(C)cc(C(=O)NC(C)CC(=O)O)cc1C. The fourth-order valence-electron chi connectivity index (χ4n) is 2.02. The van der Waals surface area contributed by atoms with Crippen molar-refractivity contribution in [1.82, 2.24) is 5.32 Å². The highest BCUT2D eigenvalue weighted by atomic mass is 16.5. The van der Waals surface area contributed by atoms with Gasteiger partial charge in [-0.2, -0.15) is 0 Å². The third-order valence-electron chi connectivity index (χ3n) is 2.78. The van der Waals surface area contributed by atoms with Crippen LogP contribution in [0.25, 0.3) is 0 Å². The van der Waals surface area contributed by atoms with Crippen molar-refractivity contribution in [3.8, 4) is 5.75 Å². The van der Waals surface area contributed by atoms with E-state index in [4.69, 9.17) is 9.84 Å². The Morgan fingerprint density at radius 3 is 2.26 bits per heavy atom. The van der Waals surface area contributed by atoms with E-state index in [1.54, 1.807) is 26.2 Å². The van der Waals surface area contributed by atoms with Crippen molar-refractivity contribution in [1.29, 1.82) is 0 Å². The number of rotatable bonds is 5. The molecule has 0 aliphatic rings. The van der Waals surface area contributed by atoms with Crippen LogP contribution in [-0.2, 0) is 4.79 Å². The summed E-state index contributed by atoms with van der Waals surface area (Å²) in [6.07, 6.45) is -0.0974. The largest absolute Gasteiger partial charge is 0.496 e. The number of amides is 1. The van der Waals surface area contributed by atoms with E-state index in [9.17, 15) is 9.59 Å². The molecule has 0 aliphatic heterocycles. The molecular weight excluding hydrogens is 246 g/mol. The summed E-state index contributed by atoms with van der Waals surface area (Å²) in [7, 11) is 1.59. The number of carbonyl (C=O) groups excluding carboxylic acids is 1. The molecule has 0 fully saturated rings. The van der Waals surface area contributed by atoms with Crippen molar-refractivity contribution in [3.05, 3.63) is 28.8 Å². The third kappa shape index (κ3) is 3.98. The first kappa shape index (κ1) is 15.0. The summed E-state index contributed by atoms with van der Waals surface area (Å²) >= 11 is 0. The van der Waals surface area contributed by atoms with Gasteiger partial charge in [0.2, 0.25) is 0 Å². The molecule has 0 heterocycles. The number of carboxylic acid groups (broad SMARTS) is 1. The first-order valence-electron chi connectivity index (χ1n) is 6.03. The number of carbonyl (C=O) groups is 2. The van der Waals surface area contributed by atoms with Gasteiger partial charge in [-0.15, -0.1) is 0 Å². The fraction of sp³-hybridized carbons (Fsp3) is 0.429. The number of methoxy groups -OCH3 is 1. The van der Waals surface area contributed by atoms with Gasteiger partial charge < -0.3 is 15.2 Å². The van der Waals surface area contributed by atoms with Gasteiger partial charge in [-0.1, -0.05) is 0 Å². The number of nitrogens with one attached hydrogen (secondary N) is 1. The Balaban J connectivity index is 2.86. The maximum Gasteiger partial charge on any atom is 0.305 e. The summed E-state index contributed by atoms with van der Waals surface area (Å²) < 4.78 is 5.23. The summed E-state index contributed by atoms with van der Waals surface area (Å²) in [6.45, 7) is 5.39. The molecule has 0 aromatic heterocycles. The van der Waals surface area contributed by atoms with Gasteiger partial charge in [0.1, 0.15) is 5.75 Å². The zero-order chi connectivity index (χ0) is 14.6. The first-order chi connectivity index (χ1) is 8.85. The maximum atomic E-state index is 12.0. The lowest BCUT2D eigenvalue weighted by Gasteiger charge is -2.14. The molecule has 5 heteroatoms. The number of hydrogen-bond donors (Lipinski definition) is 2. The highest BCUT2D eigenvalue weighted by Gasteiger charge is 2.14. The second kappa shape index (κ2) is 6.22. The molecule has 1 atom stereocenters. The van der Waals surface area contributed by atoms with Gasteiger partial charge in [-0.3, -0.25) is 9.59 Å². The van der Waals surface area contributed by atoms with Gasteiger partial charge in [0, 0.05) is 11.6 Å². The van der Waals surface area contributed by atoms with Gasteiger partial charge in [-0.25, -0.2) is 0 Å².